The van der Waals surface area contributed by atoms with E-state index < -0.39 is 0 Å². The normalized spacial score (nSPS) is 32.1. The summed E-state index contributed by atoms with van der Waals surface area (Å²) in [7, 11) is 0. The Labute approximate surface area is 100 Å². The van der Waals surface area contributed by atoms with Crippen molar-refractivity contribution in [2.75, 3.05) is 6.54 Å². The van der Waals surface area contributed by atoms with E-state index in [0.717, 1.165) is 35.9 Å². The van der Waals surface area contributed by atoms with Crippen molar-refractivity contribution in [2.45, 2.75) is 31.2 Å². The highest BCUT2D eigenvalue weighted by Gasteiger charge is 2.46. The lowest BCUT2D eigenvalue weighted by Gasteiger charge is -2.29. The van der Waals surface area contributed by atoms with Crippen LogP contribution in [0.5, 0.6) is 0 Å². The third-order valence-electron chi connectivity index (χ3n) is 4.29. The van der Waals surface area contributed by atoms with Crippen molar-refractivity contribution in [1.82, 2.24) is 10.3 Å². The Kier molecular flexibility index (Phi) is 1.89. The van der Waals surface area contributed by atoms with E-state index in [0.29, 0.717) is 0 Å². The summed E-state index contributed by atoms with van der Waals surface area (Å²) in [5.41, 5.74) is 1.92. The number of para-hydroxylation sites is 2. The lowest BCUT2D eigenvalue weighted by molar-refractivity contribution is 0.236. The van der Waals surface area contributed by atoms with E-state index in [1.54, 1.807) is 0 Å². The Balaban J connectivity index is 1.83. The van der Waals surface area contributed by atoms with Crippen molar-refractivity contribution in [3.8, 4) is 0 Å². The first kappa shape index (κ1) is 9.66. The number of benzene rings is 1. The third-order valence-corrected chi connectivity index (χ3v) is 4.29. The zero-order valence-corrected chi connectivity index (χ0v) is 9.78. The van der Waals surface area contributed by atoms with Gasteiger partial charge in [-0.15, -0.1) is 0 Å². The van der Waals surface area contributed by atoms with Crippen LogP contribution in [-0.2, 0) is 5.54 Å². The lowest BCUT2D eigenvalue weighted by atomic mass is 9.80. The quantitative estimate of drug-likeness (QED) is 0.815. The number of oxazole rings is 1. The van der Waals surface area contributed by atoms with Crippen LogP contribution < -0.4 is 5.32 Å². The minimum Gasteiger partial charge on any atom is -0.439 e. The molecule has 3 heteroatoms. The van der Waals surface area contributed by atoms with Gasteiger partial charge in [0.05, 0.1) is 5.54 Å². The Morgan fingerprint density at radius 3 is 3.24 bits per heavy atom. The summed E-state index contributed by atoms with van der Waals surface area (Å²) >= 11 is 0. The molecule has 17 heavy (non-hydrogen) atoms. The number of rotatable bonds is 1. The molecule has 1 saturated heterocycles. The monoisotopic (exact) mass is 228 g/mol. The molecule has 2 aromatic rings. The van der Waals surface area contributed by atoms with E-state index in [9.17, 15) is 0 Å². The highest BCUT2D eigenvalue weighted by atomic mass is 16.4. The molecule has 0 amide bonds. The molecule has 1 aliphatic carbocycles. The van der Waals surface area contributed by atoms with Crippen molar-refractivity contribution < 1.29 is 4.42 Å². The molecular formula is C14H16N2O. The van der Waals surface area contributed by atoms with Gasteiger partial charge in [-0.2, -0.15) is 0 Å². The van der Waals surface area contributed by atoms with Crippen LogP contribution in [0, 0.1) is 5.92 Å². The first-order valence-corrected chi connectivity index (χ1v) is 6.47. The Morgan fingerprint density at radius 1 is 1.35 bits per heavy atom. The maximum atomic E-state index is 5.95. The minimum absolute atomic E-state index is 0.0297. The molecule has 1 saturated carbocycles. The van der Waals surface area contributed by atoms with Crippen molar-refractivity contribution >= 4 is 11.1 Å². The van der Waals surface area contributed by atoms with Gasteiger partial charge in [0.25, 0.3) is 0 Å². The summed E-state index contributed by atoms with van der Waals surface area (Å²) in [4.78, 5) is 4.68. The van der Waals surface area contributed by atoms with E-state index in [-0.39, 0.29) is 5.54 Å². The highest BCUT2D eigenvalue weighted by molar-refractivity contribution is 5.72. The maximum absolute atomic E-state index is 5.95. The van der Waals surface area contributed by atoms with Gasteiger partial charge in [0.1, 0.15) is 5.52 Å². The molecule has 0 radical (unpaired) electrons. The van der Waals surface area contributed by atoms with Gasteiger partial charge in [0.2, 0.25) is 5.89 Å². The molecule has 2 bridgehead atoms. The molecule has 88 valence electrons. The SMILES string of the molecule is c1ccc2oc(C34CCCC(CN3)C4)nc2c1. The van der Waals surface area contributed by atoms with Gasteiger partial charge in [-0.05, 0) is 43.9 Å². The molecule has 3 nitrogen and oxygen atoms in total. The predicted octanol–water partition coefficient (Wildman–Crippen LogP) is 2.82. The summed E-state index contributed by atoms with van der Waals surface area (Å²) in [6, 6.07) is 8.03. The molecule has 1 aromatic heterocycles. The van der Waals surface area contributed by atoms with Crippen LogP contribution in [0.1, 0.15) is 31.6 Å². The van der Waals surface area contributed by atoms with Crippen LogP contribution in [-0.4, -0.2) is 11.5 Å². The summed E-state index contributed by atoms with van der Waals surface area (Å²) in [6.07, 6.45) is 5.00. The van der Waals surface area contributed by atoms with Crippen LogP contribution in [0.15, 0.2) is 28.7 Å². The molecule has 1 aromatic carbocycles. The van der Waals surface area contributed by atoms with Gasteiger partial charge >= 0.3 is 0 Å². The number of nitrogens with zero attached hydrogens (tertiary/aromatic N) is 1. The van der Waals surface area contributed by atoms with Crippen LogP contribution in [0.3, 0.4) is 0 Å². The zero-order valence-electron chi connectivity index (χ0n) is 9.78. The van der Waals surface area contributed by atoms with Gasteiger partial charge in [0, 0.05) is 0 Å². The minimum atomic E-state index is 0.0297. The molecule has 2 atom stereocenters. The van der Waals surface area contributed by atoms with Gasteiger partial charge in [-0.1, -0.05) is 18.6 Å². The standard InChI is InChI=1S/C14H16N2O/c1-2-6-12-11(5-1)16-13(17-12)14-7-3-4-10(8-14)9-15-14/h1-2,5-6,10,15H,3-4,7-9H2. The number of aromatic nitrogens is 1. The average Bonchev–Trinajstić information content (AvgIpc) is 2.92. The molecule has 2 aliphatic rings. The Morgan fingerprint density at radius 2 is 2.29 bits per heavy atom. The number of hydrogen-bond donors (Lipinski definition) is 1. The van der Waals surface area contributed by atoms with Crippen molar-refractivity contribution in [3.63, 3.8) is 0 Å². The second-order valence-corrected chi connectivity index (χ2v) is 5.41. The fourth-order valence-electron chi connectivity index (χ4n) is 3.41. The summed E-state index contributed by atoms with van der Waals surface area (Å²) < 4.78 is 5.95. The predicted molar refractivity (Wildman–Crippen MR) is 65.6 cm³/mol. The maximum Gasteiger partial charge on any atom is 0.215 e. The van der Waals surface area contributed by atoms with Crippen LogP contribution in [0.2, 0.25) is 0 Å². The molecule has 1 N–H and O–H groups in total. The number of hydrogen-bond acceptors (Lipinski definition) is 3. The second-order valence-electron chi connectivity index (χ2n) is 5.41. The molecule has 1 aliphatic heterocycles. The van der Waals surface area contributed by atoms with E-state index >= 15 is 0 Å². The topological polar surface area (TPSA) is 38.1 Å². The zero-order chi connectivity index (χ0) is 11.3. The number of nitrogens with one attached hydrogen (secondary N) is 1. The van der Waals surface area contributed by atoms with Gasteiger partial charge in [0.15, 0.2) is 5.58 Å². The lowest BCUT2D eigenvalue weighted by Crippen LogP contribution is -2.37. The van der Waals surface area contributed by atoms with Crippen LogP contribution in [0.4, 0.5) is 0 Å². The summed E-state index contributed by atoms with van der Waals surface area (Å²) in [5.74, 6) is 1.72. The molecule has 0 spiro atoms. The van der Waals surface area contributed by atoms with E-state index in [2.05, 4.69) is 10.3 Å². The molecule has 4 rings (SSSR count). The summed E-state index contributed by atoms with van der Waals surface area (Å²) in [6.45, 7) is 1.12. The van der Waals surface area contributed by atoms with Crippen molar-refractivity contribution in [1.29, 1.82) is 0 Å². The van der Waals surface area contributed by atoms with Crippen LogP contribution in [0.25, 0.3) is 11.1 Å². The number of fused-ring (bicyclic) bond motifs is 3. The Bertz CT molecular complexity index is 525. The molecule has 2 unspecified atom stereocenters. The first-order chi connectivity index (χ1) is 8.36. The highest BCUT2D eigenvalue weighted by Crippen LogP contribution is 2.44. The molecular weight excluding hydrogens is 212 g/mol. The van der Waals surface area contributed by atoms with Gasteiger partial charge in [-0.25, -0.2) is 4.98 Å². The van der Waals surface area contributed by atoms with Crippen molar-refractivity contribution in [2.24, 2.45) is 5.92 Å². The molecule has 2 heterocycles. The molecule has 2 fully saturated rings. The van der Waals surface area contributed by atoms with Gasteiger partial charge < -0.3 is 9.73 Å². The smallest absolute Gasteiger partial charge is 0.215 e. The van der Waals surface area contributed by atoms with E-state index in [1.165, 1.54) is 19.3 Å². The largest absolute Gasteiger partial charge is 0.439 e. The van der Waals surface area contributed by atoms with Crippen LogP contribution >= 0.6 is 0 Å². The first-order valence-electron chi connectivity index (χ1n) is 6.47. The fourth-order valence-corrected chi connectivity index (χ4v) is 3.41. The average molecular weight is 228 g/mol. The fraction of sp³-hybridized carbons (Fsp3) is 0.500. The van der Waals surface area contributed by atoms with Gasteiger partial charge in [-0.3, -0.25) is 0 Å². The Hall–Kier alpha value is -1.35. The van der Waals surface area contributed by atoms with E-state index in [1.807, 2.05) is 24.3 Å². The van der Waals surface area contributed by atoms with Crippen molar-refractivity contribution in [3.05, 3.63) is 30.2 Å². The summed E-state index contributed by atoms with van der Waals surface area (Å²) in [5, 5.41) is 3.65. The van der Waals surface area contributed by atoms with E-state index in [4.69, 9.17) is 4.42 Å². The third kappa shape index (κ3) is 1.35. The second kappa shape index (κ2) is 3.33.